The van der Waals surface area contributed by atoms with E-state index in [1.54, 1.807) is 7.11 Å². The summed E-state index contributed by atoms with van der Waals surface area (Å²) >= 11 is 0. The van der Waals surface area contributed by atoms with Gasteiger partial charge in [-0.3, -0.25) is 14.5 Å². The van der Waals surface area contributed by atoms with E-state index in [-0.39, 0.29) is 5.91 Å². The van der Waals surface area contributed by atoms with E-state index in [9.17, 15) is 14.4 Å². The second-order valence-electron chi connectivity index (χ2n) is 22.1. The van der Waals surface area contributed by atoms with Crippen LogP contribution in [-0.4, -0.2) is 130 Å². The third kappa shape index (κ3) is 58.0. The minimum Gasteiger partial charge on any atom is -0.385 e. The predicted molar refractivity (Wildman–Crippen MR) is 320 cm³/mol. The number of hydrogen-bond donors (Lipinski definition) is 1. The molecule has 0 aliphatic rings. The van der Waals surface area contributed by atoms with Crippen LogP contribution in [-0.2, 0) is 19.1 Å². The van der Waals surface area contributed by atoms with Gasteiger partial charge in [0.2, 0.25) is 12.3 Å². The number of nitrogens with one attached hydrogen (secondary N) is 1. The zero-order chi connectivity index (χ0) is 53.6. The maximum Gasteiger partial charge on any atom is 0.236 e. The van der Waals surface area contributed by atoms with Crippen LogP contribution in [0.1, 0.15) is 304 Å². The molecule has 73 heavy (non-hydrogen) atoms. The minimum absolute atomic E-state index is 0.214. The summed E-state index contributed by atoms with van der Waals surface area (Å²) in [7, 11) is 1.76. The Morgan fingerprint density at radius 3 is 1.04 bits per heavy atom. The standard InChI is InChI=1S/C56H113N5O3.C8H18O/c1-5-9-13-17-21-22-23-24-25-28-31-35-43-58(44-38-33-34-40-53-62)48-41-49-61(50-42-57-55-63)56(64)54-60(47-39-32-27-19-15-11-7-3)52-51-59(45-36-29-20-16-12-8-4)46-37-30-26-18-14-10-6-2;1-3-4-5-6-7-8-9-2/h53,55H,5-52,54H2,1-4H3,(H,57,63);3-8H2,1-2H3. The van der Waals surface area contributed by atoms with E-state index in [0.29, 0.717) is 26.1 Å². The second kappa shape index (κ2) is 64.7. The van der Waals surface area contributed by atoms with Crippen molar-refractivity contribution in [3.8, 4) is 0 Å². The molecule has 0 aromatic heterocycles. The van der Waals surface area contributed by atoms with Crippen LogP contribution >= 0.6 is 0 Å². The Balaban J connectivity index is 0. The Morgan fingerprint density at radius 2 is 0.671 bits per heavy atom. The second-order valence-corrected chi connectivity index (χ2v) is 22.1. The highest BCUT2D eigenvalue weighted by Crippen LogP contribution is 2.15. The largest absolute Gasteiger partial charge is 0.385 e. The molecule has 0 radical (unpaired) electrons. The van der Waals surface area contributed by atoms with E-state index in [1.165, 1.54) is 244 Å². The first-order valence-corrected chi connectivity index (χ1v) is 32.5. The van der Waals surface area contributed by atoms with Crippen molar-refractivity contribution in [3.05, 3.63) is 0 Å². The first-order valence-electron chi connectivity index (χ1n) is 32.5. The van der Waals surface area contributed by atoms with Crippen LogP contribution in [0.2, 0.25) is 0 Å². The van der Waals surface area contributed by atoms with E-state index < -0.39 is 0 Å². The molecule has 0 saturated heterocycles. The monoisotopic (exact) mass is 1030 g/mol. The summed E-state index contributed by atoms with van der Waals surface area (Å²) in [6.07, 6.45) is 56.0. The first-order chi connectivity index (χ1) is 36.0. The topological polar surface area (TPSA) is 85.4 Å². The molecule has 0 unspecified atom stereocenters. The molecule has 2 amide bonds. The molecule has 1 N–H and O–H groups in total. The number of methoxy groups -OCH3 is 1. The third-order valence-electron chi connectivity index (χ3n) is 15.0. The Labute approximate surface area is 457 Å². The van der Waals surface area contributed by atoms with Crippen molar-refractivity contribution in [2.24, 2.45) is 0 Å². The van der Waals surface area contributed by atoms with Gasteiger partial charge in [0, 0.05) is 52.9 Å². The molecule has 0 bridgehead atoms. The Morgan fingerprint density at radius 1 is 0.356 bits per heavy atom. The Kier molecular flexibility index (Phi) is 65.2. The highest BCUT2D eigenvalue weighted by atomic mass is 16.5. The normalized spacial score (nSPS) is 11.5. The van der Waals surface area contributed by atoms with Crippen LogP contribution in [0.4, 0.5) is 0 Å². The van der Waals surface area contributed by atoms with Gasteiger partial charge in [-0.1, -0.05) is 247 Å². The molecule has 0 heterocycles. The number of aldehydes is 1. The van der Waals surface area contributed by atoms with Crippen molar-refractivity contribution in [2.45, 2.75) is 304 Å². The van der Waals surface area contributed by atoms with Crippen LogP contribution in [0, 0.1) is 0 Å². The van der Waals surface area contributed by atoms with Crippen molar-refractivity contribution >= 4 is 18.6 Å². The Bertz CT molecular complexity index is 1060. The summed E-state index contributed by atoms with van der Waals surface area (Å²) in [5.74, 6) is 0.214. The molecular formula is C64H131N5O4. The number of ether oxygens (including phenoxy) is 1. The van der Waals surface area contributed by atoms with E-state index in [2.05, 4.69) is 54.6 Å². The van der Waals surface area contributed by atoms with Gasteiger partial charge in [-0.15, -0.1) is 0 Å². The molecule has 0 rings (SSSR count). The highest BCUT2D eigenvalue weighted by molar-refractivity contribution is 5.78. The lowest BCUT2D eigenvalue weighted by Crippen LogP contribution is -2.46. The number of carbonyl (C=O) groups excluding carboxylic acids is 3. The molecule has 0 atom stereocenters. The summed E-state index contributed by atoms with van der Waals surface area (Å²) in [5, 5.41) is 2.84. The fourth-order valence-corrected chi connectivity index (χ4v) is 10.1. The van der Waals surface area contributed by atoms with Crippen LogP contribution in [0.3, 0.4) is 0 Å². The fraction of sp³-hybridized carbons (Fsp3) is 0.953. The first kappa shape index (κ1) is 73.5. The van der Waals surface area contributed by atoms with Crippen LogP contribution in [0.15, 0.2) is 0 Å². The number of unbranched alkanes of at least 4 members (excludes halogenated alkanes) is 35. The van der Waals surface area contributed by atoms with Gasteiger partial charge >= 0.3 is 0 Å². The quantitative estimate of drug-likeness (QED) is 0.0480. The molecular weight excluding hydrogens is 903 g/mol. The summed E-state index contributed by atoms with van der Waals surface area (Å²) in [5.41, 5.74) is 0. The van der Waals surface area contributed by atoms with Crippen molar-refractivity contribution in [2.75, 3.05) is 92.3 Å². The van der Waals surface area contributed by atoms with E-state index in [0.717, 1.165) is 97.2 Å². The summed E-state index contributed by atoms with van der Waals surface area (Å²) in [4.78, 5) is 46.4. The molecule has 9 nitrogen and oxygen atoms in total. The van der Waals surface area contributed by atoms with Crippen LogP contribution < -0.4 is 5.32 Å². The van der Waals surface area contributed by atoms with E-state index in [4.69, 9.17) is 4.74 Å². The molecule has 436 valence electrons. The summed E-state index contributed by atoms with van der Waals surface area (Å²) < 4.78 is 4.92. The maximum atomic E-state index is 14.3. The van der Waals surface area contributed by atoms with Gasteiger partial charge in [0.15, 0.2) is 0 Å². The predicted octanol–water partition coefficient (Wildman–Crippen LogP) is 16.8. The lowest BCUT2D eigenvalue weighted by molar-refractivity contribution is -0.132. The maximum absolute atomic E-state index is 14.3. The summed E-state index contributed by atoms with van der Waals surface area (Å²) in [6, 6.07) is 0. The average molecular weight is 1030 g/mol. The molecule has 0 aromatic carbocycles. The molecule has 0 aliphatic heterocycles. The highest BCUT2D eigenvalue weighted by Gasteiger charge is 2.19. The van der Waals surface area contributed by atoms with Crippen molar-refractivity contribution < 1.29 is 19.1 Å². The van der Waals surface area contributed by atoms with Gasteiger partial charge in [-0.05, 0) is 90.6 Å². The van der Waals surface area contributed by atoms with Gasteiger partial charge in [0.05, 0.1) is 6.54 Å². The molecule has 9 heteroatoms. The number of nitrogens with zero attached hydrogens (tertiary/aromatic N) is 4. The average Bonchev–Trinajstić information content (AvgIpc) is 3.39. The molecule has 0 spiro atoms. The molecule has 0 saturated carbocycles. The lowest BCUT2D eigenvalue weighted by Gasteiger charge is -2.31. The van der Waals surface area contributed by atoms with Gasteiger partial charge < -0.3 is 29.5 Å². The van der Waals surface area contributed by atoms with Gasteiger partial charge in [0.1, 0.15) is 6.29 Å². The molecule has 0 aliphatic carbocycles. The summed E-state index contributed by atoms with van der Waals surface area (Å²) in [6.45, 7) is 23.1. The molecule has 0 fully saturated rings. The van der Waals surface area contributed by atoms with Crippen molar-refractivity contribution in [3.63, 3.8) is 0 Å². The zero-order valence-electron chi connectivity index (χ0n) is 50.5. The fourth-order valence-electron chi connectivity index (χ4n) is 10.1. The van der Waals surface area contributed by atoms with Crippen LogP contribution in [0.25, 0.3) is 0 Å². The number of rotatable bonds is 61. The van der Waals surface area contributed by atoms with E-state index >= 15 is 0 Å². The SMILES string of the molecule is CCCCCCCCCCCCCCN(CCCCCC=O)CCCN(CCNC=O)C(=O)CN(CCCCCCCCC)CCN(CCCCCCCC)CCCCCCCCC.CCCCCCCOC. The number of amides is 2. The van der Waals surface area contributed by atoms with E-state index in [1.807, 2.05) is 4.90 Å². The number of carbonyl (C=O) groups is 3. The van der Waals surface area contributed by atoms with Gasteiger partial charge in [0.25, 0.3) is 0 Å². The zero-order valence-corrected chi connectivity index (χ0v) is 50.5. The van der Waals surface area contributed by atoms with Crippen LogP contribution in [0.5, 0.6) is 0 Å². The molecule has 0 aromatic rings. The lowest BCUT2D eigenvalue weighted by atomic mass is 10.1. The van der Waals surface area contributed by atoms with Crippen molar-refractivity contribution in [1.82, 2.24) is 24.9 Å². The third-order valence-corrected chi connectivity index (χ3v) is 15.0. The van der Waals surface area contributed by atoms with Gasteiger partial charge in [-0.2, -0.15) is 0 Å². The smallest absolute Gasteiger partial charge is 0.236 e. The number of hydrogen-bond acceptors (Lipinski definition) is 7. The van der Waals surface area contributed by atoms with Crippen molar-refractivity contribution in [1.29, 1.82) is 0 Å². The minimum atomic E-state index is 0.214. The Hall–Kier alpha value is -1.55. The van der Waals surface area contributed by atoms with Gasteiger partial charge in [-0.25, -0.2) is 0 Å².